The van der Waals surface area contributed by atoms with Crippen molar-refractivity contribution in [3.8, 4) is 11.5 Å². The Morgan fingerprint density at radius 2 is 1.71 bits per heavy atom. The van der Waals surface area contributed by atoms with Crippen LogP contribution in [0.5, 0.6) is 11.5 Å². The molecule has 7 heteroatoms. The van der Waals surface area contributed by atoms with Crippen molar-refractivity contribution in [1.29, 1.82) is 0 Å². The molecule has 7 nitrogen and oxygen atoms in total. The third kappa shape index (κ3) is 5.98. The topological polar surface area (TPSA) is 83.1 Å². The number of alkyl carbamates (subject to hydrolysis) is 1. The van der Waals surface area contributed by atoms with E-state index in [4.69, 9.17) is 18.9 Å². The molecule has 0 unspecified atom stereocenters. The summed E-state index contributed by atoms with van der Waals surface area (Å²) in [7, 11) is 4.34. The van der Waals surface area contributed by atoms with Crippen LogP contribution in [-0.4, -0.2) is 39.0 Å². The van der Waals surface area contributed by atoms with Crippen LogP contribution in [0.3, 0.4) is 0 Å². The summed E-state index contributed by atoms with van der Waals surface area (Å²) >= 11 is 0. The Hall–Kier alpha value is -2.44. The largest absolute Gasteiger partial charge is 0.493 e. The van der Waals surface area contributed by atoms with Crippen molar-refractivity contribution < 1.29 is 28.5 Å². The number of benzene rings is 1. The molecule has 0 saturated carbocycles. The summed E-state index contributed by atoms with van der Waals surface area (Å²) in [5.74, 6) is 0.594. The second-order valence-corrected chi connectivity index (χ2v) is 6.09. The Balaban J connectivity index is 3.05. The molecule has 0 aliphatic carbocycles. The molecule has 1 N–H and O–H groups in total. The minimum atomic E-state index is -0.641. The fourth-order valence-electron chi connectivity index (χ4n) is 2.02. The van der Waals surface area contributed by atoms with Gasteiger partial charge in [0.05, 0.1) is 33.8 Å². The van der Waals surface area contributed by atoms with Gasteiger partial charge in [-0.15, -0.1) is 0 Å². The molecular formula is C17H25NO6. The Morgan fingerprint density at radius 1 is 1.08 bits per heavy atom. The SMILES string of the molecule is COC(=O)C[C@H](NC(=O)OC(C)(C)C)c1ccc(OC)c(OC)c1. The highest BCUT2D eigenvalue weighted by atomic mass is 16.6. The van der Waals surface area contributed by atoms with Crippen LogP contribution >= 0.6 is 0 Å². The maximum Gasteiger partial charge on any atom is 0.408 e. The first kappa shape index (κ1) is 19.6. The molecule has 0 heterocycles. The van der Waals surface area contributed by atoms with Gasteiger partial charge in [-0.1, -0.05) is 6.07 Å². The van der Waals surface area contributed by atoms with Gasteiger partial charge >= 0.3 is 12.1 Å². The van der Waals surface area contributed by atoms with Crippen LogP contribution in [0, 0.1) is 0 Å². The lowest BCUT2D eigenvalue weighted by Gasteiger charge is -2.24. The highest BCUT2D eigenvalue weighted by molar-refractivity contribution is 5.73. The van der Waals surface area contributed by atoms with Gasteiger partial charge in [0, 0.05) is 0 Å². The van der Waals surface area contributed by atoms with Crippen molar-refractivity contribution >= 4 is 12.1 Å². The van der Waals surface area contributed by atoms with E-state index in [-0.39, 0.29) is 6.42 Å². The van der Waals surface area contributed by atoms with Crippen molar-refractivity contribution in [2.75, 3.05) is 21.3 Å². The van der Waals surface area contributed by atoms with Gasteiger partial charge in [-0.3, -0.25) is 4.79 Å². The van der Waals surface area contributed by atoms with E-state index in [1.54, 1.807) is 39.0 Å². The van der Waals surface area contributed by atoms with E-state index in [0.29, 0.717) is 17.1 Å². The van der Waals surface area contributed by atoms with Gasteiger partial charge in [-0.2, -0.15) is 0 Å². The third-order valence-electron chi connectivity index (χ3n) is 3.10. The molecule has 0 aliphatic heterocycles. The predicted octanol–water partition coefficient (Wildman–Crippen LogP) is 2.83. The summed E-state index contributed by atoms with van der Waals surface area (Å²) in [5, 5.41) is 2.69. The molecule has 1 atom stereocenters. The van der Waals surface area contributed by atoms with Gasteiger partial charge in [-0.25, -0.2) is 4.79 Å². The number of amides is 1. The van der Waals surface area contributed by atoms with E-state index in [2.05, 4.69) is 5.32 Å². The van der Waals surface area contributed by atoms with Gasteiger partial charge < -0.3 is 24.3 Å². The molecule has 0 bridgehead atoms. The molecule has 0 spiro atoms. The standard InChI is InChI=1S/C17H25NO6/c1-17(2,3)24-16(20)18-12(10-15(19)23-6)11-7-8-13(21-4)14(9-11)22-5/h7-9,12H,10H2,1-6H3,(H,18,20)/t12-/m0/s1. The molecule has 1 aromatic rings. The van der Waals surface area contributed by atoms with E-state index in [9.17, 15) is 9.59 Å². The average molecular weight is 339 g/mol. The first-order valence-corrected chi connectivity index (χ1v) is 7.48. The van der Waals surface area contributed by atoms with Crippen LogP contribution in [-0.2, 0) is 14.3 Å². The molecule has 1 amide bonds. The number of hydrogen-bond donors (Lipinski definition) is 1. The molecule has 0 aliphatic rings. The number of esters is 1. The van der Waals surface area contributed by atoms with Crippen molar-refractivity contribution in [3.05, 3.63) is 23.8 Å². The van der Waals surface area contributed by atoms with E-state index < -0.39 is 23.7 Å². The number of hydrogen-bond acceptors (Lipinski definition) is 6. The Kier molecular flexibility index (Phi) is 6.88. The molecule has 24 heavy (non-hydrogen) atoms. The summed E-state index contributed by atoms with van der Waals surface area (Å²) < 4.78 is 20.4. The molecule has 1 aromatic carbocycles. The van der Waals surface area contributed by atoms with Gasteiger partial charge in [0.15, 0.2) is 11.5 Å². The fourth-order valence-corrected chi connectivity index (χ4v) is 2.02. The average Bonchev–Trinajstić information content (AvgIpc) is 2.51. The molecule has 0 aromatic heterocycles. The molecule has 1 rings (SSSR count). The highest BCUT2D eigenvalue weighted by Gasteiger charge is 2.24. The van der Waals surface area contributed by atoms with Crippen molar-refractivity contribution in [2.45, 2.75) is 38.8 Å². The van der Waals surface area contributed by atoms with Crippen molar-refractivity contribution in [2.24, 2.45) is 0 Å². The third-order valence-corrected chi connectivity index (χ3v) is 3.10. The van der Waals surface area contributed by atoms with Gasteiger partial charge in [0.1, 0.15) is 5.60 Å². The van der Waals surface area contributed by atoms with Crippen LogP contribution < -0.4 is 14.8 Å². The highest BCUT2D eigenvalue weighted by Crippen LogP contribution is 2.31. The Labute approximate surface area is 142 Å². The lowest BCUT2D eigenvalue weighted by atomic mass is 10.0. The summed E-state index contributed by atoms with van der Waals surface area (Å²) in [6.07, 6.45) is -0.656. The minimum Gasteiger partial charge on any atom is -0.493 e. The first-order valence-electron chi connectivity index (χ1n) is 7.48. The van der Waals surface area contributed by atoms with Crippen LogP contribution in [0.15, 0.2) is 18.2 Å². The number of carbonyl (C=O) groups excluding carboxylic acids is 2. The normalized spacial score (nSPS) is 12.1. The van der Waals surface area contributed by atoms with E-state index in [1.165, 1.54) is 21.3 Å². The number of methoxy groups -OCH3 is 3. The maximum absolute atomic E-state index is 12.0. The number of nitrogens with one attached hydrogen (secondary N) is 1. The molecular weight excluding hydrogens is 314 g/mol. The molecule has 134 valence electrons. The van der Waals surface area contributed by atoms with Gasteiger partial charge in [0.2, 0.25) is 0 Å². The Bertz CT molecular complexity index is 579. The summed E-state index contributed by atoms with van der Waals surface area (Å²) in [5.41, 5.74) is 0.0289. The van der Waals surface area contributed by atoms with Crippen molar-refractivity contribution in [3.63, 3.8) is 0 Å². The van der Waals surface area contributed by atoms with Crippen molar-refractivity contribution in [1.82, 2.24) is 5.32 Å². The lowest BCUT2D eigenvalue weighted by Crippen LogP contribution is -2.36. The summed E-state index contributed by atoms with van der Waals surface area (Å²) in [4.78, 5) is 23.7. The lowest BCUT2D eigenvalue weighted by molar-refractivity contribution is -0.141. The number of ether oxygens (including phenoxy) is 4. The zero-order valence-corrected chi connectivity index (χ0v) is 15.0. The predicted molar refractivity (Wildman–Crippen MR) is 88.3 cm³/mol. The first-order chi connectivity index (χ1) is 11.2. The van der Waals surface area contributed by atoms with E-state index >= 15 is 0 Å². The Morgan fingerprint density at radius 3 is 2.21 bits per heavy atom. The second kappa shape index (κ2) is 8.42. The minimum absolute atomic E-state index is 0.0365. The zero-order chi connectivity index (χ0) is 18.3. The summed E-state index contributed by atoms with van der Waals surface area (Å²) in [6.45, 7) is 5.29. The number of carbonyl (C=O) groups is 2. The maximum atomic E-state index is 12.0. The van der Waals surface area contributed by atoms with Gasteiger partial charge in [0.25, 0.3) is 0 Å². The van der Waals surface area contributed by atoms with Crippen LogP contribution in [0.1, 0.15) is 38.8 Å². The van der Waals surface area contributed by atoms with Crippen LogP contribution in [0.2, 0.25) is 0 Å². The molecule has 0 radical (unpaired) electrons. The van der Waals surface area contributed by atoms with E-state index in [0.717, 1.165) is 0 Å². The zero-order valence-electron chi connectivity index (χ0n) is 15.0. The van der Waals surface area contributed by atoms with Gasteiger partial charge in [-0.05, 0) is 38.5 Å². The summed E-state index contributed by atoms with van der Waals surface area (Å²) in [6, 6.07) is 4.53. The van der Waals surface area contributed by atoms with Crippen LogP contribution in [0.4, 0.5) is 4.79 Å². The number of rotatable bonds is 6. The van der Waals surface area contributed by atoms with E-state index in [1.807, 2.05) is 0 Å². The quantitative estimate of drug-likeness (QED) is 0.803. The smallest absolute Gasteiger partial charge is 0.408 e. The molecule has 0 fully saturated rings. The second-order valence-electron chi connectivity index (χ2n) is 6.09. The molecule has 0 saturated heterocycles. The fraction of sp³-hybridized carbons (Fsp3) is 0.529. The van der Waals surface area contributed by atoms with Crippen LogP contribution in [0.25, 0.3) is 0 Å². The monoisotopic (exact) mass is 339 g/mol.